The van der Waals surface area contributed by atoms with Crippen LogP contribution in [0.3, 0.4) is 0 Å². The van der Waals surface area contributed by atoms with Gasteiger partial charge in [0.05, 0.1) is 0 Å². The molecule has 1 atom stereocenters. The van der Waals surface area contributed by atoms with Crippen molar-refractivity contribution in [3.63, 3.8) is 0 Å². The lowest BCUT2D eigenvalue weighted by molar-refractivity contribution is 0.227. The van der Waals surface area contributed by atoms with E-state index in [1.54, 1.807) is 29.2 Å². The molecule has 0 aliphatic heterocycles. The SMILES string of the molecule is CC(Oc1ccc(Cl)cc1)c1ccnn2cnnc12. The summed E-state index contributed by atoms with van der Waals surface area (Å²) >= 11 is 5.84. The van der Waals surface area contributed by atoms with Gasteiger partial charge in [-0.05, 0) is 37.3 Å². The molecule has 0 aliphatic rings. The second-order valence-corrected chi connectivity index (χ2v) is 4.54. The van der Waals surface area contributed by atoms with Crippen molar-refractivity contribution >= 4 is 17.2 Å². The smallest absolute Gasteiger partial charge is 0.184 e. The van der Waals surface area contributed by atoms with Gasteiger partial charge in [0.15, 0.2) is 5.65 Å². The predicted octanol–water partition coefficient (Wildman–Crippen LogP) is 2.92. The summed E-state index contributed by atoms with van der Waals surface area (Å²) in [4.78, 5) is 0. The Kier molecular flexibility index (Phi) is 3.05. The minimum Gasteiger partial charge on any atom is -0.486 e. The van der Waals surface area contributed by atoms with Gasteiger partial charge in [0.2, 0.25) is 0 Å². The molecule has 6 heteroatoms. The molecule has 0 radical (unpaired) electrons. The lowest BCUT2D eigenvalue weighted by Gasteiger charge is -2.15. The number of benzene rings is 1. The number of halogens is 1. The van der Waals surface area contributed by atoms with E-state index in [2.05, 4.69) is 15.3 Å². The van der Waals surface area contributed by atoms with E-state index in [0.29, 0.717) is 10.7 Å². The Morgan fingerprint density at radius 2 is 2.00 bits per heavy atom. The summed E-state index contributed by atoms with van der Waals surface area (Å²) < 4.78 is 7.49. The summed E-state index contributed by atoms with van der Waals surface area (Å²) in [5, 5.41) is 12.7. The average Bonchev–Trinajstić information content (AvgIpc) is 2.89. The molecule has 0 bridgehead atoms. The van der Waals surface area contributed by atoms with Crippen LogP contribution >= 0.6 is 11.6 Å². The summed E-state index contributed by atoms with van der Waals surface area (Å²) in [5.41, 5.74) is 1.63. The normalized spacial score (nSPS) is 12.5. The molecular weight excluding hydrogens is 264 g/mol. The summed E-state index contributed by atoms with van der Waals surface area (Å²) in [6.07, 6.45) is 3.11. The third-order valence-electron chi connectivity index (χ3n) is 2.80. The fourth-order valence-corrected chi connectivity index (χ4v) is 1.99. The third-order valence-corrected chi connectivity index (χ3v) is 3.05. The van der Waals surface area contributed by atoms with Gasteiger partial charge in [-0.15, -0.1) is 10.2 Å². The summed E-state index contributed by atoms with van der Waals surface area (Å²) in [6, 6.07) is 9.14. The third kappa shape index (κ3) is 2.37. The Morgan fingerprint density at radius 1 is 1.21 bits per heavy atom. The monoisotopic (exact) mass is 274 g/mol. The highest BCUT2D eigenvalue weighted by Gasteiger charge is 2.13. The molecule has 2 heterocycles. The van der Waals surface area contributed by atoms with Crippen LogP contribution in [0.5, 0.6) is 5.75 Å². The van der Waals surface area contributed by atoms with Gasteiger partial charge in [-0.2, -0.15) is 5.10 Å². The molecule has 19 heavy (non-hydrogen) atoms. The fourth-order valence-electron chi connectivity index (χ4n) is 1.86. The molecule has 0 aliphatic carbocycles. The molecule has 2 aromatic heterocycles. The molecule has 0 amide bonds. The molecule has 0 N–H and O–H groups in total. The molecule has 1 unspecified atom stereocenters. The van der Waals surface area contributed by atoms with E-state index in [-0.39, 0.29) is 6.10 Å². The van der Waals surface area contributed by atoms with E-state index in [4.69, 9.17) is 16.3 Å². The number of hydrogen-bond acceptors (Lipinski definition) is 4. The van der Waals surface area contributed by atoms with Crippen molar-refractivity contribution < 1.29 is 4.74 Å². The highest BCUT2D eigenvalue weighted by atomic mass is 35.5. The van der Waals surface area contributed by atoms with E-state index in [1.165, 1.54) is 0 Å². The molecule has 96 valence electrons. The van der Waals surface area contributed by atoms with Crippen molar-refractivity contribution in [2.75, 3.05) is 0 Å². The van der Waals surface area contributed by atoms with Gasteiger partial charge in [-0.3, -0.25) is 0 Å². The molecular formula is C13H11ClN4O. The van der Waals surface area contributed by atoms with Gasteiger partial charge in [0, 0.05) is 16.8 Å². The Morgan fingerprint density at radius 3 is 2.79 bits per heavy atom. The summed E-state index contributed by atoms with van der Waals surface area (Å²) in [5.74, 6) is 0.756. The minimum atomic E-state index is -0.157. The number of hydrogen-bond donors (Lipinski definition) is 0. The summed E-state index contributed by atoms with van der Waals surface area (Å²) in [6.45, 7) is 1.96. The van der Waals surface area contributed by atoms with E-state index < -0.39 is 0 Å². The van der Waals surface area contributed by atoms with Crippen LogP contribution in [0.25, 0.3) is 5.65 Å². The highest BCUT2D eigenvalue weighted by molar-refractivity contribution is 6.30. The Labute approximate surface area is 114 Å². The molecule has 3 rings (SSSR count). The number of nitrogens with zero attached hydrogens (tertiary/aromatic N) is 4. The Hall–Kier alpha value is -2.14. The first-order valence-electron chi connectivity index (χ1n) is 5.81. The first-order chi connectivity index (χ1) is 9.24. The topological polar surface area (TPSA) is 52.3 Å². The van der Waals surface area contributed by atoms with Crippen LogP contribution in [0.15, 0.2) is 42.9 Å². The van der Waals surface area contributed by atoms with Crippen molar-refractivity contribution in [3.8, 4) is 5.75 Å². The van der Waals surface area contributed by atoms with E-state index in [1.807, 2.05) is 25.1 Å². The van der Waals surface area contributed by atoms with E-state index in [9.17, 15) is 0 Å². The van der Waals surface area contributed by atoms with Crippen LogP contribution in [0.4, 0.5) is 0 Å². The maximum absolute atomic E-state index is 5.87. The van der Waals surface area contributed by atoms with Crippen molar-refractivity contribution in [1.29, 1.82) is 0 Å². The van der Waals surface area contributed by atoms with Gasteiger partial charge in [0.1, 0.15) is 18.2 Å². The van der Waals surface area contributed by atoms with Crippen molar-refractivity contribution in [2.45, 2.75) is 13.0 Å². The number of ether oxygens (including phenoxy) is 1. The second-order valence-electron chi connectivity index (χ2n) is 4.10. The van der Waals surface area contributed by atoms with Crippen molar-refractivity contribution in [3.05, 3.63) is 53.4 Å². The van der Waals surface area contributed by atoms with E-state index in [0.717, 1.165) is 11.3 Å². The first-order valence-corrected chi connectivity index (χ1v) is 6.19. The zero-order valence-electron chi connectivity index (χ0n) is 10.2. The molecule has 3 aromatic rings. The first kappa shape index (κ1) is 11.9. The Balaban J connectivity index is 1.89. The molecule has 0 saturated carbocycles. The van der Waals surface area contributed by atoms with Gasteiger partial charge in [-0.25, -0.2) is 4.52 Å². The van der Waals surface area contributed by atoms with Gasteiger partial charge < -0.3 is 4.74 Å². The number of fused-ring (bicyclic) bond motifs is 1. The van der Waals surface area contributed by atoms with Crippen LogP contribution in [0.2, 0.25) is 5.02 Å². The van der Waals surface area contributed by atoms with E-state index >= 15 is 0 Å². The molecule has 0 saturated heterocycles. The van der Waals surface area contributed by atoms with Crippen LogP contribution in [-0.2, 0) is 0 Å². The van der Waals surface area contributed by atoms with Gasteiger partial charge in [0.25, 0.3) is 0 Å². The predicted molar refractivity (Wildman–Crippen MR) is 71.3 cm³/mol. The van der Waals surface area contributed by atoms with Gasteiger partial charge in [-0.1, -0.05) is 11.6 Å². The zero-order valence-corrected chi connectivity index (χ0v) is 10.9. The van der Waals surface area contributed by atoms with Crippen molar-refractivity contribution in [2.24, 2.45) is 0 Å². The number of rotatable bonds is 3. The number of aromatic nitrogens is 4. The average molecular weight is 275 g/mol. The standard InChI is InChI=1S/C13H11ClN4O/c1-9(19-11-4-2-10(14)3-5-11)12-6-7-16-18-8-15-17-13(12)18/h2-9H,1H3. The lowest BCUT2D eigenvalue weighted by atomic mass is 10.2. The quantitative estimate of drug-likeness (QED) is 0.737. The highest BCUT2D eigenvalue weighted by Crippen LogP contribution is 2.24. The fraction of sp³-hybridized carbons (Fsp3) is 0.154. The molecule has 5 nitrogen and oxygen atoms in total. The van der Waals surface area contributed by atoms with Gasteiger partial charge >= 0.3 is 0 Å². The molecule has 0 spiro atoms. The van der Waals surface area contributed by atoms with Crippen LogP contribution < -0.4 is 4.74 Å². The van der Waals surface area contributed by atoms with Crippen LogP contribution in [-0.4, -0.2) is 19.8 Å². The zero-order chi connectivity index (χ0) is 13.2. The summed E-state index contributed by atoms with van der Waals surface area (Å²) in [7, 11) is 0. The molecule has 0 fully saturated rings. The maximum atomic E-state index is 5.87. The Bertz CT molecular complexity index is 695. The van der Waals surface area contributed by atoms with Crippen LogP contribution in [0.1, 0.15) is 18.6 Å². The maximum Gasteiger partial charge on any atom is 0.184 e. The lowest BCUT2D eigenvalue weighted by Crippen LogP contribution is -2.06. The molecule has 1 aromatic carbocycles. The van der Waals surface area contributed by atoms with Crippen molar-refractivity contribution in [1.82, 2.24) is 19.8 Å². The minimum absolute atomic E-state index is 0.157. The largest absolute Gasteiger partial charge is 0.486 e. The second kappa shape index (κ2) is 4.85. The van der Waals surface area contributed by atoms with Crippen LogP contribution in [0, 0.1) is 0 Å².